The Kier molecular flexibility index (Phi) is 3.93. The lowest BCUT2D eigenvalue weighted by Gasteiger charge is -2.36. The van der Waals surface area contributed by atoms with Crippen molar-refractivity contribution in [3.05, 3.63) is 23.8 Å². The average molecular weight is 236 g/mol. The third-order valence-electron chi connectivity index (χ3n) is 4.85. The van der Waals surface area contributed by atoms with E-state index < -0.39 is 0 Å². The van der Waals surface area contributed by atoms with Gasteiger partial charge in [0.2, 0.25) is 0 Å². The Morgan fingerprint density at radius 1 is 1.59 bits per heavy atom. The molecule has 0 aromatic heterocycles. The van der Waals surface area contributed by atoms with E-state index in [0.717, 1.165) is 12.8 Å². The van der Waals surface area contributed by atoms with Gasteiger partial charge >= 0.3 is 0 Å². The lowest BCUT2D eigenvalue weighted by Crippen LogP contribution is -2.30. The maximum absolute atomic E-state index is 9.80. The standard InChI is InChI=1S/C16H28O/c1-11(10-15(4,5)13(3)17)14-9-8-12(2)16(14,6)7/h8,13-14,17H,1,9-10H2,2-7H3. The van der Waals surface area contributed by atoms with Gasteiger partial charge < -0.3 is 5.11 Å². The molecule has 0 aliphatic heterocycles. The highest BCUT2D eigenvalue weighted by molar-refractivity contribution is 5.26. The van der Waals surface area contributed by atoms with Crippen LogP contribution >= 0.6 is 0 Å². The van der Waals surface area contributed by atoms with Crippen molar-refractivity contribution in [2.45, 2.75) is 60.5 Å². The van der Waals surface area contributed by atoms with Crippen LogP contribution in [0, 0.1) is 16.7 Å². The molecule has 2 unspecified atom stereocenters. The van der Waals surface area contributed by atoms with Gasteiger partial charge in [0.25, 0.3) is 0 Å². The molecule has 0 aromatic carbocycles. The maximum Gasteiger partial charge on any atom is 0.0566 e. The van der Waals surface area contributed by atoms with Gasteiger partial charge in [-0.3, -0.25) is 0 Å². The Labute approximate surface area is 107 Å². The molecule has 1 rings (SSSR count). The van der Waals surface area contributed by atoms with Crippen molar-refractivity contribution in [3.63, 3.8) is 0 Å². The predicted molar refractivity (Wildman–Crippen MR) is 74.9 cm³/mol. The first-order chi connectivity index (χ1) is 7.59. The summed E-state index contributed by atoms with van der Waals surface area (Å²) >= 11 is 0. The van der Waals surface area contributed by atoms with Crippen LogP contribution in [0.1, 0.15) is 54.4 Å². The monoisotopic (exact) mass is 236 g/mol. The van der Waals surface area contributed by atoms with Crippen molar-refractivity contribution in [1.82, 2.24) is 0 Å². The van der Waals surface area contributed by atoms with Gasteiger partial charge in [-0.1, -0.05) is 51.5 Å². The minimum absolute atomic E-state index is 0.0797. The second kappa shape index (κ2) is 4.61. The zero-order valence-electron chi connectivity index (χ0n) is 12.3. The van der Waals surface area contributed by atoms with E-state index in [1.54, 1.807) is 0 Å². The van der Waals surface area contributed by atoms with Crippen molar-refractivity contribution >= 4 is 0 Å². The van der Waals surface area contributed by atoms with Gasteiger partial charge in [0.1, 0.15) is 0 Å². The Bertz CT molecular complexity index is 331. The fraction of sp³-hybridized carbons (Fsp3) is 0.750. The number of allylic oxidation sites excluding steroid dienone is 3. The molecule has 1 aliphatic carbocycles. The van der Waals surface area contributed by atoms with E-state index in [9.17, 15) is 5.11 Å². The van der Waals surface area contributed by atoms with Gasteiger partial charge in [-0.25, -0.2) is 0 Å². The molecule has 0 saturated carbocycles. The number of aliphatic hydroxyl groups is 1. The summed E-state index contributed by atoms with van der Waals surface area (Å²) in [7, 11) is 0. The van der Waals surface area contributed by atoms with Crippen molar-refractivity contribution in [2.24, 2.45) is 16.7 Å². The highest BCUT2D eigenvalue weighted by atomic mass is 16.3. The minimum Gasteiger partial charge on any atom is -0.393 e. The SMILES string of the molecule is C=C(CC(C)(C)C(C)O)C1CC=C(C)C1(C)C. The summed E-state index contributed by atoms with van der Waals surface area (Å²) in [6.07, 6.45) is 4.05. The van der Waals surface area contributed by atoms with Crippen molar-refractivity contribution in [2.75, 3.05) is 0 Å². The molecule has 0 fully saturated rings. The topological polar surface area (TPSA) is 20.2 Å². The van der Waals surface area contributed by atoms with E-state index >= 15 is 0 Å². The lowest BCUT2D eigenvalue weighted by molar-refractivity contribution is 0.0633. The van der Waals surface area contributed by atoms with Crippen LogP contribution in [-0.2, 0) is 0 Å². The second-order valence-electron chi connectivity index (χ2n) is 6.90. The summed E-state index contributed by atoms with van der Waals surface area (Å²) in [5.74, 6) is 0.528. The molecule has 0 spiro atoms. The predicted octanol–water partition coefficient (Wildman–Crippen LogP) is 4.33. The first kappa shape index (κ1) is 14.5. The lowest BCUT2D eigenvalue weighted by atomic mass is 9.70. The van der Waals surface area contributed by atoms with E-state index in [4.69, 9.17) is 0 Å². The number of rotatable bonds is 4. The van der Waals surface area contributed by atoms with E-state index in [2.05, 4.69) is 47.3 Å². The van der Waals surface area contributed by atoms with Crippen LogP contribution in [0.25, 0.3) is 0 Å². The van der Waals surface area contributed by atoms with Crippen LogP contribution in [0.5, 0.6) is 0 Å². The quantitative estimate of drug-likeness (QED) is 0.720. The molecular formula is C16H28O. The van der Waals surface area contributed by atoms with Gasteiger partial charge in [0.05, 0.1) is 6.10 Å². The first-order valence-corrected chi connectivity index (χ1v) is 6.62. The van der Waals surface area contributed by atoms with Crippen LogP contribution in [0.4, 0.5) is 0 Å². The maximum atomic E-state index is 9.80. The van der Waals surface area contributed by atoms with Crippen LogP contribution in [0.15, 0.2) is 23.8 Å². The third-order valence-corrected chi connectivity index (χ3v) is 4.85. The largest absolute Gasteiger partial charge is 0.393 e. The Balaban J connectivity index is 2.75. The van der Waals surface area contributed by atoms with E-state index in [1.165, 1.54) is 11.1 Å². The van der Waals surface area contributed by atoms with E-state index in [-0.39, 0.29) is 16.9 Å². The van der Waals surface area contributed by atoms with Crippen molar-refractivity contribution < 1.29 is 5.11 Å². The number of hydrogen-bond donors (Lipinski definition) is 1. The minimum atomic E-state index is -0.294. The molecule has 0 bridgehead atoms. The molecule has 1 nitrogen and oxygen atoms in total. The summed E-state index contributed by atoms with van der Waals surface area (Å²) < 4.78 is 0. The smallest absolute Gasteiger partial charge is 0.0566 e. The van der Waals surface area contributed by atoms with Gasteiger partial charge in [-0.05, 0) is 43.4 Å². The molecule has 2 atom stereocenters. The van der Waals surface area contributed by atoms with Crippen molar-refractivity contribution in [1.29, 1.82) is 0 Å². The molecule has 1 aliphatic rings. The van der Waals surface area contributed by atoms with Gasteiger partial charge in [0, 0.05) is 0 Å². The third kappa shape index (κ3) is 2.82. The molecule has 1 N–H and O–H groups in total. The molecule has 98 valence electrons. The fourth-order valence-corrected chi connectivity index (χ4v) is 2.66. The van der Waals surface area contributed by atoms with Crippen LogP contribution < -0.4 is 0 Å². The Hall–Kier alpha value is -0.560. The zero-order chi connectivity index (χ0) is 13.4. The summed E-state index contributed by atoms with van der Waals surface area (Å²) in [5, 5.41) is 9.80. The number of hydrogen-bond acceptors (Lipinski definition) is 1. The van der Waals surface area contributed by atoms with E-state index in [1.807, 2.05) is 6.92 Å². The van der Waals surface area contributed by atoms with Gasteiger partial charge in [-0.2, -0.15) is 0 Å². The summed E-state index contributed by atoms with van der Waals surface area (Å²) in [5.41, 5.74) is 2.91. The highest BCUT2D eigenvalue weighted by Crippen LogP contribution is 2.48. The second-order valence-corrected chi connectivity index (χ2v) is 6.90. The summed E-state index contributed by atoms with van der Waals surface area (Å²) in [6, 6.07) is 0. The first-order valence-electron chi connectivity index (χ1n) is 6.62. The van der Waals surface area contributed by atoms with Crippen LogP contribution in [0.2, 0.25) is 0 Å². The Morgan fingerprint density at radius 3 is 2.47 bits per heavy atom. The molecule has 1 heteroatoms. The zero-order valence-corrected chi connectivity index (χ0v) is 12.3. The highest BCUT2D eigenvalue weighted by Gasteiger charge is 2.38. The average Bonchev–Trinajstić information content (AvgIpc) is 2.40. The molecule has 0 radical (unpaired) electrons. The summed E-state index contributed by atoms with van der Waals surface area (Å²) in [4.78, 5) is 0. The summed E-state index contributed by atoms with van der Waals surface area (Å²) in [6.45, 7) is 17.2. The van der Waals surface area contributed by atoms with Gasteiger partial charge in [0.15, 0.2) is 0 Å². The molecule has 0 saturated heterocycles. The molecule has 0 amide bonds. The number of aliphatic hydroxyl groups excluding tert-OH is 1. The van der Waals surface area contributed by atoms with E-state index in [0.29, 0.717) is 5.92 Å². The normalized spacial score (nSPS) is 25.6. The molecular weight excluding hydrogens is 208 g/mol. The van der Waals surface area contributed by atoms with Crippen LogP contribution in [0.3, 0.4) is 0 Å². The molecule has 17 heavy (non-hydrogen) atoms. The molecule has 0 heterocycles. The molecule has 0 aromatic rings. The Morgan fingerprint density at radius 2 is 2.12 bits per heavy atom. The van der Waals surface area contributed by atoms with Crippen molar-refractivity contribution in [3.8, 4) is 0 Å². The van der Waals surface area contributed by atoms with Gasteiger partial charge in [-0.15, -0.1) is 0 Å². The van der Waals surface area contributed by atoms with Crippen LogP contribution in [-0.4, -0.2) is 11.2 Å². The fourth-order valence-electron chi connectivity index (χ4n) is 2.66.